The Balaban J connectivity index is 1.88. The van der Waals surface area contributed by atoms with Gasteiger partial charge in [0.05, 0.1) is 0 Å². The van der Waals surface area contributed by atoms with Gasteiger partial charge in [-0.3, -0.25) is 0 Å². The van der Waals surface area contributed by atoms with Gasteiger partial charge in [-0.05, 0) is 36.3 Å². The zero-order chi connectivity index (χ0) is 11.4. The summed E-state index contributed by atoms with van der Waals surface area (Å²) < 4.78 is 13.0. The van der Waals surface area contributed by atoms with Gasteiger partial charge in [-0.25, -0.2) is 4.39 Å². The lowest BCUT2D eigenvalue weighted by Crippen LogP contribution is -2.33. The third-order valence-corrected chi connectivity index (χ3v) is 3.91. The number of nitrogens with one attached hydrogen (secondary N) is 1. The molecule has 0 aromatic heterocycles. The molecular formula is C12H16FNOS. The second kappa shape index (κ2) is 5.55. The van der Waals surface area contributed by atoms with E-state index in [4.69, 9.17) is 0 Å². The molecule has 1 aliphatic rings. The van der Waals surface area contributed by atoms with Crippen LogP contribution in [-0.4, -0.2) is 22.7 Å². The fourth-order valence-corrected chi connectivity index (χ4v) is 3.01. The summed E-state index contributed by atoms with van der Waals surface area (Å²) in [6, 6.07) is 4.71. The molecule has 0 aliphatic carbocycles. The lowest BCUT2D eigenvalue weighted by atomic mass is 10.1. The van der Waals surface area contributed by atoms with Crippen LogP contribution in [0.5, 0.6) is 5.75 Å². The van der Waals surface area contributed by atoms with Crippen LogP contribution >= 0.6 is 11.8 Å². The molecule has 1 heterocycles. The van der Waals surface area contributed by atoms with Crippen LogP contribution in [0.1, 0.15) is 18.4 Å². The molecule has 1 atom stereocenters. The summed E-state index contributed by atoms with van der Waals surface area (Å²) in [5.41, 5.74) is 0.799. The highest BCUT2D eigenvalue weighted by Gasteiger charge is 2.12. The number of phenols is 1. The zero-order valence-corrected chi connectivity index (χ0v) is 9.89. The van der Waals surface area contributed by atoms with E-state index in [9.17, 15) is 9.50 Å². The predicted octanol–water partition coefficient (Wildman–Crippen LogP) is 2.52. The van der Waals surface area contributed by atoms with Crippen LogP contribution in [0.15, 0.2) is 18.2 Å². The summed E-state index contributed by atoms with van der Waals surface area (Å²) in [4.78, 5) is 0. The van der Waals surface area contributed by atoms with Crippen LogP contribution in [0.4, 0.5) is 4.39 Å². The van der Waals surface area contributed by atoms with Gasteiger partial charge in [0, 0.05) is 24.4 Å². The van der Waals surface area contributed by atoms with Crippen molar-refractivity contribution in [3.8, 4) is 5.75 Å². The number of thioether (sulfide) groups is 1. The van der Waals surface area contributed by atoms with E-state index in [1.165, 1.54) is 24.7 Å². The van der Waals surface area contributed by atoms with Crippen molar-refractivity contribution in [1.82, 2.24) is 5.32 Å². The van der Waals surface area contributed by atoms with Crippen molar-refractivity contribution in [1.29, 1.82) is 0 Å². The highest BCUT2D eigenvalue weighted by atomic mass is 32.2. The van der Waals surface area contributed by atoms with Crippen LogP contribution < -0.4 is 5.32 Å². The first-order valence-corrected chi connectivity index (χ1v) is 6.69. The van der Waals surface area contributed by atoms with Gasteiger partial charge in [0.2, 0.25) is 0 Å². The summed E-state index contributed by atoms with van der Waals surface area (Å²) in [6.45, 7) is 0.622. The molecule has 88 valence electrons. The Morgan fingerprint density at radius 1 is 1.44 bits per heavy atom. The molecule has 0 saturated carbocycles. The third kappa shape index (κ3) is 3.39. The molecule has 1 fully saturated rings. The SMILES string of the molecule is Oc1cc(F)cc(CNC2CCCSC2)c1. The molecule has 1 aromatic carbocycles. The smallest absolute Gasteiger partial charge is 0.127 e. The first kappa shape index (κ1) is 11.7. The summed E-state index contributed by atoms with van der Waals surface area (Å²) in [5, 5.41) is 12.7. The molecule has 0 radical (unpaired) electrons. The topological polar surface area (TPSA) is 32.3 Å². The van der Waals surface area contributed by atoms with E-state index in [1.54, 1.807) is 6.07 Å². The number of phenolic OH excluding ortho intramolecular Hbond substituents is 1. The monoisotopic (exact) mass is 241 g/mol. The zero-order valence-electron chi connectivity index (χ0n) is 9.08. The maximum Gasteiger partial charge on any atom is 0.127 e. The lowest BCUT2D eigenvalue weighted by molar-refractivity contribution is 0.464. The average Bonchev–Trinajstić information content (AvgIpc) is 2.27. The van der Waals surface area contributed by atoms with Gasteiger partial charge in [-0.2, -0.15) is 11.8 Å². The van der Waals surface area contributed by atoms with Gasteiger partial charge in [-0.1, -0.05) is 0 Å². The molecule has 2 rings (SSSR count). The van der Waals surface area contributed by atoms with Gasteiger partial charge in [0.1, 0.15) is 11.6 Å². The quantitative estimate of drug-likeness (QED) is 0.853. The Hall–Kier alpha value is -0.740. The van der Waals surface area contributed by atoms with Crippen molar-refractivity contribution < 1.29 is 9.50 Å². The van der Waals surface area contributed by atoms with Crippen molar-refractivity contribution in [2.24, 2.45) is 0 Å². The van der Waals surface area contributed by atoms with E-state index in [1.807, 2.05) is 11.8 Å². The first-order chi connectivity index (χ1) is 7.74. The van der Waals surface area contributed by atoms with Crippen molar-refractivity contribution in [3.63, 3.8) is 0 Å². The summed E-state index contributed by atoms with van der Waals surface area (Å²) in [5.74, 6) is 1.99. The number of aromatic hydroxyl groups is 1. The first-order valence-electron chi connectivity index (χ1n) is 5.53. The Kier molecular flexibility index (Phi) is 4.07. The molecule has 2 N–H and O–H groups in total. The number of hydrogen-bond donors (Lipinski definition) is 2. The van der Waals surface area contributed by atoms with Crippen LogP contribution in [0.25, 0.3) is 0 Å². The van der Waals surface area contributed by atoms with Gasteiger partial charge in [0.25, 0.3) is 0 Å². The molecular weight excluding hydrogens is 225 g/mol. The van der Waals surface area contributed by atoms with E-state index in [0.29, 0.717) is 12.6 Å². The number of halogens is 1. The minimum absolute atomic E-state index is 0.00480. The van der Waals surface area contributed by atoms with Crippen molar-refractivity contribution in [3.05, 3.63) is 29.6 Å². The molecule has 2 nitrogen and oxygen atoms in total. The van der Waals surface area contributed by atoms with E-state index < -0.39 is 0 Å². The maximum atomic E-state index is 13.0. The largest absolute Gasteiger partial charge is 0.508 e. The lowest BCUT2D eigenvalue weighted by Gasteiger charge is -2.22. The average molecular weight is 241 g/mol. The van der Waals surface area contributed by atoms with Gasteiger partial charge >= 0.3 is 0 Å². The van der Waals surface area contributed by atoms with E-state index in [0.717, 1.165) is 17.4 Å². The second-order valence-corrected chi connectivity index (χ2v) is 5.26. The second-order valence-electron chi connectivity index (χ2n) is 4.11. The molecule has 0 amide bonds. The van der Waals surface area contributed by atoms with Crippen molar-refractivity contribution >= 4 is 11.8 Å². The number of rotatable bonds is 3. The van der Waals surface area contributed by atoms with Crippen LogP contribution in [0.2, 0.25) is 0 Å². The standard InChI is InChI=1S/C12H16FNOS/c13-10-4-9(5-12(15)6-10)7-14-11-2-1-3-16-8-11/h4-6,11,14-15H,1-3,7-8H2. The van der Waals surface area contributed by atoms with Gasteiger partial charge < -0.3 is 10.4 Å². The number of benzene rings is 1. The maximum absolute atomic E-state index is 13.0. The molecule has 0 bridgehead atoms. The summed E-state index contributed by atoms with van der Waals surface area (Å²) in [7, 11) is 0. The molecule has 16 heavy (non-hydrogen) atoms. The van der Waals surface area contributed by atoms with E-state index in [2.05, 4.69) is 5.32 Å². The third-order valence-electron chi connectivity index (χ3n) is 2.70. The highest BCUT2D eigenvalue weighted by Crippen LogP contribution is 2.18. The molecule has 4 heteroatoms. The minimum atomic E-state index is -0.380. The Morgan fingerprint density at radius 3 is 3.00 bits per heavy atom. The Bertz CT molecular complexity index is 333. The van der Waals surface area contributed by atoms with Gasteiger partial charge in [0.15, 0.2) is 0 Å². The molecule has 1 aromatic rings. The predicted molar refractivity (Wildman–Crippen MR) is 65.3 cm³/mol. The highest BCUT2D eigenvalue weighted by molar-refractivity contribution is 7.99. The minimum Gasteiger partial charge on any atom is -0.508 e. The van der Waals surface area contributed by atoms with Crippen molar-refractivity contribution in [2.45, 2.75) is 25.4 Å². The molecule has 1 saturated heterocycles. The fourth-order valence-electron chi connectivity index (χ4n) is 1.90. The molecule has 1 unspecified atom stereocenters. The van der Waals surface area contributed by atoms with Crippen LogP contribution in [0.3, 0.4) is 0 Å². The van der Waals surface area contributed by atoms with Crippen LogP contribution in [-0.2, 0) is 6.54 Å². The number of hydrogen-bond acceptors (Lipinski definition) is 3. The van der Waals surface area contributed by atoms with Crippen LogP contribution in [0, 0.1) is 5.82 Å². The van der Waals surface area contributed by atoms with E-state index >= 15 is 0 Å². The van der Waals surface area contributed by atoms with E-state index in [-0.39, 0.29) is 11.6 Å². The summed E-state index contributed by atoms with van der Waals surface area (Å²) >= 11 is 1.96. The molecule has 1 aliphatic heterocycles. The fraction of sp³-hybridized carbons (Fsp3) is 0.500. The normalized spacial score (nSPS) is 20.9. The van der Waals surface area contributed by atoms with Crippen molar-refractivity contribution in [2.75, 3.05) is 11.5 Å². The Labute approximate surface area is 99.2 Å². The Morgan fingerprint density at radius 2 is 2.31 bits per heavy atom. The van der Waals surface area contributed by atoms with Gasteiger partial charge in [-0.15, -0.1) is 0 Å². The molecule has 0 spiro atoms. The summed E-state index contributed by atoms with van der Waals surface area (Å²) in [6.07, 6.45) is 2.44.